The lowest BCUT2D eigenvalue weighted by Crippen LogP contribution is -2.30. The van der Waals surface area contributed by atoms with Crippen LogP contribution in [0.3, 0.4) is 0 Å². The van der Waals surface area contributed by atoms with Crippen LogP contribution in [-0.4, -0.2) is 46.4 Å². The molecule has 0 saturated carbocycles. The second kappa shape index (κ2) is 7.84. The largest absolute Gasteiger partial charge is 0.496 e. The summed E-state index contributed by atoms with van der Waals surface area (Å²) < 4.78 is 8.10. The summed E-state index contributed by atoms with van der Waals surface area (Å²) in [5, 5.41) is 12.7. The van der Waals surface area contributed by atoms with Crippen LogP contribution in [0.2, 0.25) is 0 Å². The molecular weight excluding hydrogens is 350 g/mol. The quantitative estimate of drug-likeness (QED) is 0.882. The minimum absolute atomic E-state index is 0.373. The number of aromatic nitrogens is 3. The Morgan fingerprint density at radius 3 is 2.75 bits per heavy atom. The summed E-state index contributed by atoms with van der Waals surface area (Å²) in [6.45, 7) is 5.08. The minimum Gasteiger partial charge on any atom is -0.496 e. The molecule has 1 fully saturated rings. The summed E-state index contributed by atoms with van der Waals surface area (Å²) >= 11 is 0. The van der Waals surface area contributed by atoms with Crippen molar-refractivity contribution in [3.05, 3.63) is 40.5 Å². The Labute approximate surface area is 167 Å². The molecule has 1 aromatic carbocycles. The third-order valence-corrected chi connectivity index (χ3v) is 6.66. The normalized spacial score (nSPS) is 22.5. The van der Waals surface area contributed by atoms with Gasteiger partial charge in [0.15, 0.2) is 0 Å². The van der Waals surface area contributed by atoms with E-state index in [4.69, 9.17) is 4.74 Å². The van der Waals surface area contributed by atoms with Crippen molar-refractivity contribution < 1.29 is 4.74 Å². The molecule has 0 radical (unpaired) electrons. The maximum Gasteiger partial charge on any atom is 0.150 e. The Morgan fingerprint density at radius 1 is 1.04 bits per heavy atom. The SMILES string of the molecule is COc1cc2c(cc1CN1CCc3nnc([C@H]4CCCCN4)n3CC1)CCC2. The summed E-state index contributed by atoms with van der Waals surface area (Å²) in [7, 11) is 1.80. The average molecular weight is 382 g/mol. The smallest absolute Gasteiger partial charge is 0.150 e. The van der Waals surface area contributed by atoms with E-state index in [1.807, 2.05) is 0 Å². The first-order chi connectivity index (χ1) is 13.8. The van der Waals surface area contributed by atoms with Crippen molar-refractivity contribution in [3.63, 3.8) is 0 Å². The predicted octanol–water partition coefficient (Wildman–Crippen LogP) is 2.65. The van der Waals surface area contributed by atoms with Crippen LogP contribution in [0.1, 0.15) is 60.1 Å². The highest BCUT2D eigenvalue weighted by atomic mass is 16.5. The summed E-state index contributed by atoms with van der Waals surface area (Å²) in [4.78, 5) is 2.55. The summed E-state index contributed by atoms with van der Waals surface area (Å²) in [5.41, 5.74) is 4.33. The fourth-order valence-electron chi connectivity index (χ4n) is 5.08. The zero-order valence-electron chi connectivity index (χ0n) is 16.9. The zero-order valence-corrected chi connectivity index (χ0v) is 16.9. The molecule has 5 rings (SSSR count). The fourth-order valence-corrected chi connectivity index (χ4v) is 5.08. The Bertz CT molecular complexity index is 840. The van der Waals surface area contributed by atoms with Gasteiger partial charge < -0.3 is 14.6 Å². The van der Waals surface area contributed by atoms with Gasteiger partial charge in [-0.05, 0) is 55.8 Å². The standard InChI is InChI=1S/C22H31N5O/c1-28-20-14-17-6-4-5-16(17)13-18(20)15-26-10-8-21-24-25-22(27(21)12-11-26)19-7-2-3-9-23-19/h13-14,19,23H,2-12,15H2,1H3/t19-/m1/s1. The highest BCUT2D eigenvalue weighted by molar-refractivity contribution is 5.44. The molecule has 0 bridgehead atoms. The van der Waals surface area contributed by atoms with Crippen molar-refractivity contribution in [2.45, 2.75) is 64.1 Å². The number of methoxy groups -OCH3 is 1. The van der Waals surface area contributed by atoms with E-state index >= 15 is 0 Å². The molecule has 1 N–H and O–H groups in total. The number of rotatable bonds is 4. The number of hydrogen-bond acceptors (Lipinski definition) is 5. The first-order valence-electron chi connectivity index (χ1n) is 10.9. The van der Waals surface area contributed by atoms with Crippen molar-refractivity contribution in [2.24, 2.45) is 0 Å². The van der Waals surface area contributed by atoms with Crippen molar-refractivity contribution in [1.29, 1.82) is 0 Å². The summed E-state index contributed by atoms with van der Waals surface area (Å²) in [6.07, 6.45) is 8.38. The third kappa shape index (κ3) is 3.44. The Hall–Kier alpha value is -1.92. The van der Waals surface area contributed by atoms with Gasteiger partial charge in [0, 0.05) is 38.2 Å². The Kier molecular flexibility index (Phi) is 5.07. The summed E-state index contributed by atoms with van der Waals surface area (Å²) in [6, 6.07) is 5.04. The molecule has 6 heteroatoms. The van der Waals surface area contributed by atoms with E-state index in [0.29, 0.717) is 6.04 Å². The van der Waals surface area contributed by atoms with Gasteiger partial charge in [-0.25, -0.2) is 0 Å². The molecule has 3 heterocycles. The maximum absolute atomic E-state index is 5.73. The molecule has 2 aliphatic heterocycles. The summed E-state index contributed by atoms with van der Waals surface area (Å²) in [5.74, 6) is 3.34. The van der Waals surface area contributed by atoms with Crippen LogP contribution in [0.5, 0.6) is 5.75 Å². The first-order valence-corrected chi connectivity index (χ1v) is 10.9. The van der Waals surface area contributed by atoms with Gasteiger partial charge in [0.05, 0.1) is 13.2 Å². The molecular formula is C22H31N5O. The fraction of sp³-hybridized carbons (Fsp3) is 0.636. The molecule has 0 unspecified atom stereocenters. The highest BCUT2D eigenvalue weighted by Crippen LogP contribution is 2.31. The Morgan fingerprint density at radius 2 is 1.93 bits per heavy atom. The third-order valence-electron chi connectivity index (χ3n) is 6.66. The molecule has 150 valence electrons. The van der Waals surface area contributed by atoms with E-state index in [1.165, 1.54) is 55.2 Å². The zero-order chi connectivity index (χ0) is 18.9. The van der Waals surface area contributed by atoms with Crippen LogP contribution in [0.4, 0.5) is 0 Å². The number of piperidine rings is 1. The molecule has 0 spiro atoms. The van der Waals surface area contributed by atoms with E-state index in [2.05, 4.69) is 37.1 Å². The van der Waals surface area contributed by atoms with Gasteiger partial charge in [0.1, 0.15) is 17.4 Å². The molecule has 6 nitrogen and oxygen atoms in total. The van der Waals surface area contributed by atoms with Crippen LogP contribution < -0.4 is 10.1 Å². The van der Waals surface area contributed by atoms with E-state index < -0.39 is 0 Å². The topological polar surface area (TPSA) is 55.2 Å². The molecule has 1 aromatic heterocycles. The van der Waals surface area contributed by atoms with Crippen molar-refractivity contribution >= 4 is 0 Å². The maximum atomic E-state index is 5.73. The average Bonchev–Trinajstić information content (AvgIpc) is 3.31. The van der Waals surface area contributed by atoms with Gasteiger partial charge in [0.2, 0.25) is 0 Å². The molecule has 0 amide bonds. The molecule has 3 aliphatic rings. The number of benzene rings is 1. The van der Waals surface area contributed by atoms with Gasteiger partial charge in [-0.2, -0.15) is 0 Å². The lowest BCUT2D eigenvalue weighted by Gasteiger charge is -2.24. The van der Waals surface area contributed by atoms with Crippen LogP contribution >= 0.6 is 0 Å². The van der Waals surface area contributed by atoms with Crippen LogP contribution in [-0.2, 0) is 32.4 Å². The van der Waals surface area contributed by atoms with E-state index in [1.54, 1.807) is 7.11 Å². The molecule has 1 atom stereocenters. The van der Waals surface area contributed by atoms with Gasteiger partial charge in [-0.15, -0.1) is 10.2 Å². The highest BCUT2D eigenvalue weighted by Gasteiger charge is 2.25. The molecule has 2 aromatic rings. The predicted molar refractivity (Wildman–Crippen MR) is 109 cm³/mol. The second-order valence-corrected chi connectivity index (χ2v) is 8.44. The van der Waals surface area contributed by atoms with Crippen molar-refractivity contribution in [2.75, 3.05) is 26.7 Å². The van der Waals surface area contributed by atoms with Gasteiger partial charge in [-0.3, -0.25) is 4.90 Å². The first kappa shape index (κ1) is 18.1. The number of fused-ring (bicyclic) bond motifs is 2. The Balaban J connectivity index is 1.31. The lowest BCUT2D eigenvalue weighted by molar-refractivity contribution is 0.263. The number of nitrogens with zero attached hydrogens (tertiary/aromatic N) is 4. The molecule has 1 aliphatic carbocycles. The van der Waals surface area contributed by atoms with Crippen LogP contribution in [0.15, 0.2) is 12.1 Å². The number of nitrogens with one attached hydrogen (secondary N) is 1. The molecule has 28 heavy (non-hydrogen) atoms. The van der Waals surface area contributed by atoms with Gasteiger partial charge in [0.25, 0.3) is 0 Å². The minimum atomic E-state index is 0.373. The van der Waals surface area contributed by atoms with E-state index in [-0.39, 0.29) is 0 Å². The molecule has 1 saturated heterocycles. The number of aryl methyl sites for hydroxylation is 2. The van der Waals surface area contributed by atoms with Crippen LogP contribution in [0, 0.1) is 0 Å². The van der Waals surface area contributed by atoms with E-state index in [0.717, 1.165) is 56.5 Å². The van der Waals surface area contributed by atoms with Crippen LogP contribution in [0.25, 0.3) is 0 Å². The van der Waals surface area contributed by atoms with Crippen molar-refractivity contribution in [1.82, 2.24) is 25.0 Å². The second-order valence-electron chi connectivity index (χ2n) is 8.44. The van der Waals surface area contributed by atoms with Gasteiger partial charge in [-0.1, -0.05) is 12.5 Å². The number of hydrogen-bond donors (Lipinski definition) is 1. The van der Waals surface area contributed by atoms with Gasteiger partial charge >= 0.3 is 0 Å². The lowest BCUT2D eigenvalue weighted by atomic mass is 10.0. The van der Waals surface area contributed by atoms with Crippen molar-refractivity contribution in [3.8, 4) is 5.75 Å². The monoisotopic (exact) mass is 381 g/mol. The van der Waals surface area contributed by atoms with E-state index in [9.17, 15) is 0 Å². The number of ether oxygens (including phenoxy) is 1.